The summed E-state index contributed by atoms with van der Waals surface area (Å²) in [6.07, 6.45) is 4.04. The zero-order valence-corrected chi connectivity index (χ0v) is 16.0. The number of nitrogens with one attached hydrogen (secondary N) is 1. The summed E-state index contributed by atoms with van der Waals surface area (Å²) in [7, 11) is 1.70. The molecule has 1 fully saturated rings. The Balaban J connectivity index is 1.69. The van der Waals surface area contributed by atoms with E-state index < -0.39 is 0 Å². The first-order chi connectivity index (χ1) is 13.2. The van der Waals surface area contributed by atoms with Crippen molar-refractivity contribution in [3.05, 3.63) is 59.7 Å². The van der Waals surface area contributed by atoms with Gasteiger partial charge in [0.05, 0.1) is 19.6 Å². The van der Waals surface area contributed by atoms with Crippen molar-refractivity contribution in [3.63, 3.8) is 0 Å². The number of hydrogen-bond donors (Lipinski definition) is 2. The van der Waals surface area contributed by atoms with Crippen LogP contribution < -0.4 is 15.8 Å². The van der Waals surface area contributed by atoms with E-state index in [1.807, 2.05) is 42.5 Å². The van der Waals surface area contributed by atoms with Gasteiger partial charge in [0.15, 0.2) is 0 Å². The number of nitrogens with zero attached hydrogens (tertiary/aromatic N) is 1. The second-order valence-corrected chi connectivity index (χ2v) is 7.08. The topological polar surface area (TPSA) is 67.6 Å². The molecule has 5 nitrogen and oxygen atoms in total. The monoisotopic (exact) mass is 367 g/mol. The van der Waals surface area contributed by atoms with Crippen LogP contribution in [-0.2, 0) is 11.2 Å². The summed E-state index contributed by atoms with van der Waals surface area (Å²) >= 11 is 0. The van der Waals surface area contributed by atoms with Crippen LogP contribution in [0, 0.1) is 0 Å². The Kier molecular flexibility index (Phi) is 6.71. The summed E-state index contributed by atoms with van der Waals surface area (Å²) in [4.78, 5) is 14.9. The minimum atomic E-state index is 0.0247. The molecule has 1 atom stereocenters. The smallest absolute Gasteiger partial charge is 0.224 e. The van der Waals surface area contributed by atoms with Gasteiger partial charge in [0, 0.05) is 17.8 Å². The fourth-order valence-corrected chi connectivity index (χ4v) is 3.70. The number of benzene rings is 2. The van der Waals surface area contributed by atoms with Gasteiger partial charge in [-0.05, 0) is 49.7 Å². The average Bonchev–Trinajstić information content (AvgIpc) is 2.71. The number of carbonyl (C=O) groups excluding carboxylic acids is 1. The molecule has 2 aromatic rings. The second-order valence-electron chi connectivity index (χ2n) is 7.08. The van der Waals surface area contributed by atoms with E-state index in [1.165, 1.54) is 19.3 Å². The van der Waals surface area contributed by atoms with Crippen molar-refractivity contribution in [1.29, 1.82) is 0 Å². The third-order valence-electron chi connectivity index (χ3n) is 5.17. The van der Waals surface area contributed by atoms with Crippen LogP contribution in [0.3, 0.4) is 0 Å². The van der Waals surface area contributed by atoms with Crippen LogP contribution in [0.4, 0.5) is 5.69 Å². The van der Waals surface area contributed by atoms with E-state index in [-0.39, 0.29) is 11.9 Å². The minimum absolute atomic E-state index is 0.0247. The maximum atomic E-state index is 12.5. The normalized spacial score (nSPS) is 15.9. The van der Waals surface area contributed by atoms with Crippen LogP contribution in [0.25, 0.3) is 0 Å². The standard InChI is InChI=1S/C22H29N3O2/c1-27-21-8-4-3-7-19(21)20(25-13-5-2-6-14-25)16-24-22(26)15-17-9-11-18(23)12-10-17/h3-4,7-12,20H,2,5-6,13-16,23H2,1H3,(H,24,26). The largest absolute Gasteiger partial charge is 0.496 e. The van der Waals surface area contributed by atoms with Crippen LogP contribution in [0.2, 0.25) is 0 Å². The summed E-state index contributed by atoms with van der Waals surface area (Å²) in [5, 5.41) is 3.13. The van der Waals surface area contributed by atoms with Gasteiger partial charge >= 0.3 is 0 Å². The molecule has 2 aromatic carbocycles. The number of piperidine rings is 1. The number of nitrogens with two attached hydrogens (primary N) is 1. The van der Waals surface area contributed by atoms with Crippen molar-refractivity contribution in [2.75, 3.05) is 32.5 Å². The van der Waals surface area contributed by atoms with Gasteiger partial charge in [0.25, 0.3) is 0 Å². The molecule has 0 aliphatic carbocycles. The first-order valence-corrected chi connectivity index (χ1v) is 9.65. The van der Waals surface area contributed by atoms with E-state index in [4.69, 9.17) is 10.5 Å². The highest BCUT2D eigenvalue weighted by molar-refractivity contribution is 5.78. The van der Waals surface area contributed by atoms with Gasteiger partial charge in [-0.1, -0.05) is 36.8 Å². The summed E-state index contributed by atoms with van der Waals surface area (Å²) in [6.45, 7) is 2.68. The maximum Gasteiger partial charge on any atom is 0.224 e. The van der Waals surface area contributed by atoms with Gasteiger partial charge in [-0.25, -0.2) is 0 Å². The molecular weight excluding hydrogens is 338 g/mol. The van der Waals surface area contributed by atoms with Crippen molar-refractivity contribution in [3.8, 4) is 5.75 Å². The number of anilines is 1. The highest BCUT2D eigenvalue weighted by Crippen LogP contribution is 2.30. The average molecular weight is 367 g/mol. The number of likely N-dealkylation sites (tertiary alicyclic amines) is 1. The summed E-state index contributed by atoms with van der Waals surface area (Å²) in [6, 6.07) is 15.7. The number of carbonyl (C=O) groups is 1. The fraction of sp³-hybridized carbons (Fsp3) is 0.409. The van der Waals surface area contributed by atoms with Crippen molar-refractivity contribution < 1.29 is 9.53 Å². The third kappa shape index (κ3) is 5.23. The minimum Gasteiger partial charge on any atom is -0.496 e. The summed E-state index contributed by atoms with van der Waals surface area (Å²) in [5.74, 6) is 0.900. The number of methoxy groups -OCH3 is 1. The maximum absolute atomic E-state index is 12.5. The van der Waals surface area contributed by atoms with Crippen LogP contribution in [-0.4, -0.2) is 37.6 Å². The van der Waals surface area contributed by atoms with Gasteiger partial charge in [0.1, 0.15) is 5.75 Å². The zero-order valence-electron chi connectivity index (χ0n) is 16.0. The summed E-state index contributed by atoms with van der Waals surface area (Å²) < 4.78 is 5.58. The Bertz CT molecular complexity index is 739. The molecule has 0 spiro atoms. The molecule has 1 aliphatic heterocycles. The van der Waals surface area contributed by atoms with Gasteiger partial charge in [-0.2, -0.15) is 0 Å². The number of nitrogen functional groups attached to an aromatic ring is 1. The predicted molar refractivity (Wildman–Crippen MR) is 109 cm³/mol. The molecule has 0 bridgehead atoms. The van der Waals surface area contributed by atoms with E-state index in [0.29, 0.717) is 18.7 Å². The fourth-order valence-electron chi connectivity index (χ4n) is 3.70. The van der Waals surface area contributed by atoms with E-state index in [1.54, 1.807) is 7.11 Å². The molecule has 1 aliphatic rings. The summed E-state index contributed by atoms with van der Waals surface area (Å²) in [5.41, 5.74) is 8.52. The molecule has 1 heterocycles. The van der Waals surface area contributed by atoms with Crippen molar-refractivity contribution in [1.82, 2.24) is 10.2 Å². The lowest BCUT2D eigenvalue weighted by atomic mass is 10.0. The number of ether oxygens (including phenoxy) is 1. The number of amides is 1. The van der Waals surface area contributed by atoms with E-state index >= 15 is 0 Å². The molecule has 5 heteroatoms. The predicted octanol–water partition coefficient (Wildman–Crippen LogP) is 3.16. The molecule has 1 saturated heterocycles. The molecule has 1 unspecified atom stereocenters. The van der Waals surface area contributed by atoms with Crippen LogP contribution in [0.5, 0.6) is 5.75 Å². The second kappa shape index (κ2) is 9.42. The molecule has 0 radical (unpaired) electrons. The highest BCUT2D eigenvalue weighted by atomic mass is 16.5. The molecule has 144 valence electrons. The quantitative estimate of drug-likeness (QED) is 0.738. The van der Waals surface area contributed by atoms with Gasteiger partial charge in [-0.15, -0.1) is 0 Å². The Morgan fingerprint density at radius 1 is 1.11 bits per heavy atom. The Morgan fingerprint density at radius 2 is 1.81 bits per heavy atom. The lowest BCUT2D eigenvalue weighted by Gasteiger charge is -2.35. The first-order valence-electron chi connectivity index (χ1n) is 9.65. The zero-order chi connectivity index (χ0) is 19.1. The first kappa shape index (κ1) is 19.2. The van der Waals surface area contributed by atoms with E-state index in [2.05, 4.69) is 16.3 Å². The van der Waals surface area contributed by atoms with Crippen molar-refractivity contribution in [2.24, 2.45) is 0 Å². The van der Waals surface area contributed by atoms with Gasteiger partial charge in [0.2, 0.25) is 5.91 Å². The van der Waals surface area contributed by atoms with E-state index in [9.17, 15) is 4.79 Å². The SMILES string of the molecule is COc1ccccc1C(CNC(=O)Cc1ccc(N)cc1)N1CCCCC1. The highest BCUT2D eigenvalue weighted by Gasteiger charge is 2.25. The molecule has 3 rings (SSSR count). The molecule has 27 heavy (non-hydrogen) atoms. The Morgan fingerprint density at radius 3 is 2.52 bits per heavy atom. The molecule has 3 N–H and O–H groups in total. The number of rotatable bonds is 7. The van der Waals surface area contributed by atoms with E-state index in [0.717, 1.165) is 30.0 Å². The van der Waals surface area contributed by atoms with Crippen LogP contribution in [0.15, 0.2) is 48.5 Å². The third-order valence-corrected chi connectivity index (χ3v) is 5.17. The molecular formula is C22H29N3O2. The molecule has 1 amide bonds. The van der Waals surface area contributed by atoms with Gasteiger partial charge in [-0.3, -0.25) is 9.69 Å². The Hall–Kier alpha value is -2.53. The van der Waals surface area contributed by atoms with Crippen molar-refractivity contribution >= 4 is 11.6 Å². The number of para-hydroxylation sites is 1. The number of hydrogen-bond acceptors (Lipinski definition) is 4. The molecule has 0 aromatic heterocycles. The van der Waals surface area contributed by atoms with Crippen LogP contribution in [0.1, 0.15) is 36.4 Å². The van der Waals surface area contributed by atoms with Crippen molar-refractivity contribution in [2.45, 2.75) is 31.7 Å². The Labute approximate surface area is 161 Å². The molecule has 0 saturated carbocycles. The lowest BCUT2D eigenvalue weighted by Crippen LogP contribution is -2.41. The lowest BCUT2D eigenvalue weighted by molar-refractivity contribution is -0.120. The van der Waals surface area contributed by atoms with Gasteiger partial charge < -0.3 is 15.8 Å². The van der Waals surface area contributed by atoms with Crippen LogP contribution >= 0.6 is 0 Å².